The third-order valence-corrected chi connectivity index (χ3v) is 3.65. The number of sulfonamides is 1. The van der Waals surface area contributed by atoms with Gasteiger partial charge in [0, 0.05) is 24.9 Å². The molecule has 1 aliphatic heterocycles. The maximum Gasteiger partial charge on any atom is 0.249 e. The number of primary sulfonamides is 1. The van der Waals surface area contributed by atoms with Crippen LogP contribution >= 0.6 is 0 Å². The molecule has 1 amide bonds. The van der Waals surface area contributed by atoms with Crippen molar-refractivity contribution < 1.29 is 13.2 Å². The Morgan fingerprint density at radius 2 is 2.11 bits per heavy atom. The van der Waals surface area contributed by atoms with Gasteiger partial charge in [0.05, 0.1) is 5.75 Å². The third kappa shape index (κ3) is 2.96. The Hall–Kier alpha value is -1.67. The molecule has 1 saturated heterocycles. The minimum Gasteiger partial charge on any atom is -0.308 e. The van der Waals surface area contributed by atoms with E-state index < -0.39 is 10.0 Å². The molecule has 2 heterocycles. The van der Waals surface area contributed by atoms with Crippen molar-refractivity contribution in [3.05, 3.63) is 28.6 Å². The zero-order chi connectivity index (χ0) is 13.3. The van der Waals surface area contributed by atoms with Gasteiger partial charge in [0.2, 0.25) is 21.5 Å². The lowest BCUT2D eigenvalue weighted by Gasteiger charge is -2.15. The first kappa shape index (κ1) is 12.8. The van der Waals surface area contributed by atoms with Gasteiger partial charge in [-0.3, -0.25) is 14.5 Å². The number of nitrogens with one attached hydrogen (secondary N) is 1. The van der Waals surface area contributed by atoms with Crippen LogP contribution in [0.1, 0.15) is 6.42 Å². The van der Waals surface area contributed by atoms with Gasteiger partial charge in [0.1, 0.15) is 5.82 Å². The van der Waals surface area contributed by atoms with Crippen LogP contribution in [-0.4, -0.2) is 31.6 Å². The first-order chi connectivity index (χ1) is 8.35. The molecule has 1 atom stereocenters. The molecule has 98 valence electrons. The average molecular weight is 271 g/mol. The van der Waals surface area contributed by atoms with Crippen LogP contribution in [0, 0.1) is 5.92 Å². The molecule has 1 aliphatic rings. The van der Waals surface area contributed by atoms with Crippen LogP contribution in [-0.2, 0) is 14.8 Å². The predicted molar refractivity (Wildman–Crippen MR) is 65.5 cm³/mol. The standard InChI is InChI=1S/C10H13N3O4S/c11-18(16,17)6-7-4-10(15)13(5-7)8-2-1-3-9(14)12-8/h1-3,7H,4-6H2,(H,12,14)(H2,11,16,17). The number of anilines is 1. The molecule has 0 spiro atoms. The van der Waals surface area contributed by atoms with Crippen LogP contribution in [0.4, 0.5) is 5.82 Å². The largest absolute Gasteiger partial charge is 0.308 e. The van der Waals surface area contributed by atoms with Crippen molar-refractivity contribution in [3.63, 3.8) is 0 Å². The van der Waals surface area contributed by atoms with Crippen molar-refractivity contribution >= 4 is 21.7 Å². The fourth-order valence-electron chi connectivity index (χ4n) is 2.05. The Morgan fingerprint density at radius 1 is 1.39 bits per heavy atom. The van der Waals surface area contributed by atoms with Crippen molar-refractivity contribution in [2.75, 3.05) is 17.2 Å². The van der Waals surface area contributed by atoms with Crippen LogP contribution in [0.5, 0.6) is 0 Å². The Bertz CT molecular complexity index is 622. The first-order valence-electron chi connectivity index (χ1n) is 5.35. The topological polar surface area (TPSA) is 113 Å². The highest BCUT2D eigenvalue weighted by atomic mass is 32.2. The van der Waals surface area contributed by atoms with Gasteiger partial charge in [0.15, 0.2) is 0 Å². The third-order valence-electron chi connectivity index (χ3n) is 2.72. The van der Waals surface area contributed by atoms with E-state index in [2.05, 4.69) is 4.98 Å². The SMILES string of the molecule is NS(=O)(=O)CC1CC(=O)N(c2cccc(=O)[nH]2)C1. The zero-order valence-corrected chi connectivity index (χ0v) is 10.3. The van der Waals surface area contributed by atoms with E-state index in [9.17, 15) is 18.0 Å². The van der Waals surface area contributed by atoms with Crippen molar-refractivity contribution in [1.82, 2.24) is 4.98 Å². The second-order valence-corrected chi connectivity index (χ2v) is 5.96. The van der Waals surface area contributed by atoms with E-state index in [1.165, 1.54) is 17.0 Å². The molecule has 0 aliphatic carbocycles. The van der Waals surface area contributed by atoms with Crippen LogP contribution in [0.3, 0.4) is 0 Å². The number of rotatable bonds is 3. The van der Waals surface area contributed by atoms with Gasteiger partial charge in [-0.15, -0.1) is 0 Å². The summed E-state index contributed by atoms with van der Waals surface area (Å²) in [5, 5.41) is 4.95. The molecule has 1 unspecified atom stereocenters. The van der Waals surface area contributed by atoms with E-state index in [0.717, 1.165) is 0 Å². The highest BCUT2D eigenvalue weighted by molar-refractivity contribution is 7.89. The highest BCUT2D eigenvalue weighted by Gasteiger charge is 2.33. The number of hydrogen-bond acceptors (Lipinski definition) is 4. The zero-order valence-electron chi connectivity index (χ0n) is 9.50. The van der Waals surface area contributed by atoms with Gasteiger partial charge in [0.25, 0.3) is 0 Å². The van der Waals surface area contributed by atoms with Gasteiger partial charge < -0.3 is 4.98 Å². The average Bonchev–Trinajstić information content (AvgIpc) is 2.56. The summed E-state index contributed by atoms with van der Waals surface area (Å²) in [6.45, 7) is 0.245. The molecule has 3 N–H and O–H groups in total. The van der Waals surface area contributed by atoms with Crippen molar-refractivity contribution in [2.24, 2.45) is 11.1 Å². The number of carbonyl (C=O) groups excluding carboxylic acids is 1. The number of aromatic nitrogens is 1. The van der Waals surface area contributed by atoms with Crippen LogP contribution in [0.15, 0.2) is 23.0 Å². The smallest absolute Gasteiger partial charge is 0.249 e. The molecule has 8 heteroatoms. The Morgan fingerprint density at radius 3 is 2.72 bits per heavy atom. The summed E-state index contributed by atoms with van der Waals surface area (Å²) in [6, 6.07) is 4.47. The Kier molecular flexibility index (Phi) is 3.22. The number of amides is 1. The minimum absolute atomic E-state index is 0.118. The normalized spacial score (nSPS) is 20.4. The van der Waals surface area contributed by atoms with E-state index in [4.69, 9.17) is 5.14 Å². The maximum atomic E-state index is 11.8. The number of aromatic amines is 1. The molecule has 2 rings (SSSR count). The molecular weight excluding hydrogens is 258 g/mol. The molecule has 1 aromatic heterocycles. The maximum absolute atomic E-state index is 11.8. The van der Waals surface area contributed by atoms with Gasteiger partial charge in [-0.2, -0.15) is 0 Å². The monoisotopic (exact) mass is 271 g/mol. The van der Waals surface area contributed by atoms with E-state index in [0.29, 0.717) is 5.82 Å². The van der Waals surface area contributed by atoms with Gasteiger partial charge in [-0.05, 0) is 6.07 Å². The fraction of sp³-hybridized carbons (Fsp3) is 0.400. The summed E-state index contributed by atoms with van der Waals surface area (Å²) >= 11 is 0. The quantitative estimate of drug-likeness (QED) is 0.735. The van der Waals surface area contributed by atoms with Crippen LogP contribution < -0.4 is 15.6 Å². The summed E-state index contributed by atoms with van der Waals surface area (Å²) in [5.74, 6) is -0.405. The molecule has 1 fully saturated rings. The van der Waals surface area contributed by atoms with Crippen LogP contribution in [0.25, 0.3) is 0 Å². The number of nitrogens with zero attached hydrogens (tertiary/aromatic N) is 1. The lowest BCUT2D eigenvalue weighted by atomic mass is 10.1. The second kappa shape index (κ2) is 4.54. The number of nitrogens with two attached hydrogens (primary N) is 1. The summed E-state index contributed by atoms with van der Waals surface area (Å²) in [7, 11) is -3.60. The molecule has 0 aromatic carbocycles. The van der Waals surface area contributed by atoms with E-state index in [1.54, 1.807) is 6.07 Å². The number of hydrogen-bond donors (Lipinski definition) is 2. The molecular formula is C10H13N3O4S. The second-order valence-electron chi connectivity index (χ2n) is 4.30. The van der Waals surface area contributed by atoms with E-state index in [-0.39, 0.29) is 36.1 Å². The highest BCUT2D eigenvalue weighted by Crippen LogP contribution is 2.23. The van der Waals surface area contributed by atoms with Crippen LogP contribution in [0.2, 0.25) is 0 Å². The summed E-state index contributed by atoms with van der Waals surface area (Å²) in [4.78, 5) is 26.8. The molecule has 7 nitrogen and oxygen atoms in total. The molecule has 0 saturated carbocycles. The summed E-state index contributed by atoms with van der Waals surface area (Å²) < 4.78 is 22.0. The molecule has 18 heavy (non-hydrogen) atoms. The minimum atomic E-state index is -3.60. The van der Waals surface area contributed by atoms with Gasteiger partial charge in [-0.1, -0.05) is 6.07 Å². The Labute approximate surface area is 104 Å². The predicted octanol–water partition coefficient (Wildman–Crippen LogP) is -0.984. The van der Waals surface area contributed by atoms with E-state index >= 15 is 0 Å². The number of H-pyrrole nitrogens is 1. The van der Waals surface area contributed by atoms with E-state index in [1.807, 2.05) is 0 Å². The number of pyridine rings is 1. The van der Waals surface area contributed by atoms with Gasteiger partial charge >= 0.3 is 0 Å². The Balaban J connectivity index is 2.17. The lowest BCUT2D eigenvalue weighted by Crippen LogP contribution is -2.29. The first-order valence-corrected chi connectivity index (χ1v) is 7.07. The van der Waals surface area contributed by atoms with Crippen molar-refractivity contribution in [2.45, 2.75) is 6.42 Å². The molecule has 0 bridgehead atoms. The molecule has 1 aromatic rings. The number of carbonyl (C=O) groups is 1. The van der Waals surface area contributed by atoms with Crippen molar-refractivity contribution in [3.8, 4) is 0 Å². The summed E-state index contributed by atoms with van der Waals surface area (Å²) in [6.07, 6.45) is 0.118. The van der Waals surface area contributed by atoms with Crippen molar-refractivity contribution in [1.29, 1.82) is 0 Å². The fourth-order valence-corrected chi connectivity index (χ4v) is 2.93. The molecule has 0 radical (unpaired) electrons. The van der Waals surface area contributed by atoms with Gasteiger partial charge in [-0.25, -0.2) is 13.6 Å². The lowest BCUT2D eigenvalue weighted by molar-refractivity contribution is -0.117. The summed E-state index contributed by atoms with van der Waals surface area (Å²) in [5.41, 5.74) is -0.310.